The van der Waals surface area contributed by atoms with Gasteiger partial charge in [-0.15, -0.1) is 0 Å². The van der Waals surface area contributed by atoms with Crippen molar-refractivity contribution in [3.63, 3.8) is 0 Å². The van der Waals surface area contributed by atoms with Gasteiger partial charge in [-0.3, -0.25) is 4.79 Å². The molecule has 6 nitrogen and oxygen atoms in total. The number of anilines is 2. The zero-order chi connectivity index (χ0) is 20.2. The Hall–Kier alpha value is -2.21. The van der Waals surface area contributed by atoms with Crippen LogP contribution in [0.4, 0.5) is 11.4 Å². The third-order valence-corrected chi connectivity index (χ3v) is 7.42. The van der Waals surface area contributed by atoms with E-state index in [2.05, 4.69) is 10.4 Å². The van der Waals surface area contributed by atoms with Gasteiger partial charge in [0.05, 0.1) is 37.3 Å². The number of methoxy groups -OCH3 is 2. The van der Waals surface area contributed by atoms with Gasteiger partial charge in [-0.2, -0.15) is 5.10 Å². The van der Waals surface area contributed by atoms with E-state index in [0.717, 1.165) is 37.0 Å². The highest BCUT2D eigenvalue weighted by molar-refractivity contribution is 6.33. The zero-order valence-electron chi connectivity index (χ0n) is 16.8. The largest absolute Gasteiger partial charge is 0.497 e. The molecule has 0 unspecified atom stereocenters. The molecule has 6 rings (SSSR count). The van der Waals surface area contributed by atoms with Gasteiger partial charge in [0.1, 0.15) is 16.5 Å². The molecular formula is C22H26ClN3O3. The first kappa shape index (κ1) is 18.8. The van der Waals surface area contributed by atoms with Crippen LogP contribution in [-0.4, -0.2) is 24.0 Å². The van der Waals surface area contributed by atoms with E-state index in [0.29, 0.717) is 22.9 Å². The Kier molecular flexibility index (Phi) is 4.50. The van der Waals surface area contributed by atoms with Crippen molar-refractivity contribution in [2.75, 3.05) is 19.5 Å². The molecule has 1 aromatic carbocycles. The van der Waals surface area contributed by atoms with Crippen molar-refractivity contribution in [1.29, 1.82) is 0 Å². The second-order valence-electron chi connectivity index (χ2n) is 8.92. The highest BCUT2D eigenvalue weighted by atomic mass is 35.5. The molecule has 2 aromatic rings. The van der Waals surface area contributed by atoms with Crippen molar-refractivity contribution >= 4 is 23.0 Å². The van der Waals surface area contributed by atoms with E-state index in [1.165, 1.54) is 19.3 Å². The average Bonchev–Trinajstić information content (AvgIpc) is 2.70. The van der Waals surface area contributed by atoms with Crippen molar-refractivity contribution in [1.82, 2.24) is 9.78 Å². The Balaban J connectivity index is 1.49. The molecule has 4 bridgehead atoms. The maximum atomic E-state index is 13.2. The number of hydrogen-bond acceptors (Lipinski definition) is 5. The first-order chi connectivity index (χ1) is 14.0. The number of rotatable bonds is 5. The van der Waals surface area contributed by atoms with Gasteiger partial charge < -0.3 is 14.8 Å². The van der Waals surface area contributed by atoms with Crippen molar-refractivity contribution in [3.05, 3.63) is 39.8 Å². The molecule has 4 aliphatic rings. The van der Waals surface area contributed by atoms with Crippen LogP contribution in [0.2, 0.25) is 5.02 Å². The van der Waals surface area contributed by atoms with Crippen LogP contribution in [0.3, 0.4) is 0 Å². The predicted molar refractivity (Wildman–Crippen MR) is 112 cm³/mol. The number of halogens is 1. The Labute approximate surface area is 175 Å². The molecule has 1 N–H and O–H groups in total. The van der Waals surface area contributed by atoms with Crippen molar-refractivity contribution in [3.8, 4) is 11.5 Å². The second-order valence-corrected chi connectivity index (χ2v) is 9.30. The first-order valence-corrected chi connectivity index (χ1v) is 10.7. The number of benzene rings is 1. The third-order valence-electron chi connectivity index (χ3n) is 7.05. The molecule has 1 aromatic heterocycles. The van der Waals surface area contributed by atoms with Gasteiger partial charge in [-0.05, 0) is 68.4 Å². The summed E-state index contributed by atoms with van der Waals surface area (Å²) in [7, 11) is 3.20. The fourth-order valence-corrected chi connectivity index (χ4v) is 6.42. The third kappa shape index (κ3) is 3.08. The lowest BCUT2D eigenvalue weighted by Gasteiger charge is -2.56. The minimum Gasteiger partial charge on any atom is -0.497 e. The number of nitrogens with one attached hydrogen (secondary N) is 1. The molecule has 0 aliphatic heterocycles. The van der Waals surface area contributed by atoms with E-state index in [-0.39, 0.29) is 16.1 Å². The molecule has 29 heavy (non-hydrogen) atoms. The highest BCUT2D eigenvalue weighted by Gasteiger charge is 2.53. The van der Waals surface area contributed by atoms with Crippen LogP contribution in [0.25, 0.3) is 0 Å². The molecule has 0 radical (unpaired) electrons. The molecule has 0 saturated heterocycles. The molecule has 0 spiro atoms. The fourth-order valence-electron chi connectivity index (χ4n) is 6.24. The summed E-state index contributed by atoms with van der Waals surface area (Å²) in [6, 6.07) is 5.42. The lowest BCUT2D eigenvalue weighted by molar-refractivity contribution is -0.0518. The average molecular weight is 416 g/mol. The topological polar surface area (TPSA) is 65.4 Å². The molecule has 4 aliphatic carbocycles. The first-order valence-electron chi connectivity index (χ1n) is 10.3. The maximum absolute atomic E-state index is 13.2. The van der Waals surface area contributed by atoms with Gasteiger partial charge in [0.25, 0.3) is 5.56 Å². The number of aromatic nitrogens is 2. The summed E-state index contributed by atoms with van der Waals surface area (Å²) in [4.78, 5) is 13.2. The minimum atomic E-state index is -0.208. The van der Waals surface area contributed by atoms with Crippen LogP contribution in [0.15, 0.2) is 29.2 Å². The quantitative estimate of drug-likeness (QED) is 0.774. The predicted octanol–water partition coefficient (Wildman–Crippen LogP) is 4.58. The Morgan fingerprint density at radius 3 is 2.31 bits per heavy atom. The van der Waals surface area contributed by atoms with Crippen LogP contribution in [0, 0.1) is 17.8 Å². The van der Waals surface area contributed by atoms with Gasteiger partial charge >= 0.3 is 0 Å². The molecular weight excluding hydrogens is 390 g/mol. The summed E-state index contributed by atoms with van der Waals surface area (Å²) in [6.45, 7) is 0. The maximum Gasteiger partial charge on any atom is 0.288 e. The zero-order valence-corrected chi connectivity index (χ0v) is 17.5. The minimum absolute atomic E-state index is 0.151. The molecule has 4 fully saturated rings. The van der Waals surface area contributed by atoms with Gasteiger partial charge in [0, 0.05) is 6.07 Å². The van der Waals surface area contributed by atoms with E-state index in [9.17, 15) is 4.79 Å². The standard InChI is InChI=1S/C22H26ClN3O3/c1-28-16-3-4-19(29-2)17(8-16)25-18-12-24-26(21(27)20(18)23)22-9-13-5-14(10-22)7-15(6-13)11-22/h3-4,8,12-15,25H,5-7,9-11H2,1-2H3. The number of ether oxygens (including phenoxy) is 2. The van der Waals surface area contributed by atoms with Gasteiger partial charge in [0.2, 0.25) is 0 Å². The Bertz CT molecular complexity index is 968. The summed E-state index contributed by atoms with van der Waals surface area (Å²) < 4.78 is 12.4. The van der Waals surface area contributed by atoms with E-state index >= 15 is 0 Å². The summed E-state index contributed by atoms with van der Waals surface area (Å²) in [5.41, 5.74) is 0.786. The summed E-state index contributed by atoms with van der Waals surface area (Å²) in [6.07, 6.45) is 8.78. The van der Waals surface area contributed by atoms with E-state index in [4.69, 9.17) is 21.1 Å². The summed E-state index contributed by atoms with van der Waals surface area (Å²) in [5.74, 6) is 3.50. The summed E-state index contributed by atoms with van der Waals surface area (Å²) >= 11 is 6.55. The van der Waals surface area contributed by atoms with Crippen LogP contribution in [0.5, 0.6) is 11.5 Å². The molecule has 0 amide bonds. The van der Waals surface area contributed by atoms with Crippen molar-refractivity contribution in [2.24, 2.45) is 17.8 Å². The van der Waals surface area contributed by atoms with Crippen LogP contribution in [-0.2, 0) is 5.54 Å². The number of hydrogen-bond donors (Lipinski definition) is 1. The summed E-state index contributed by atoms with van der Waals surface area (Å²) in [5, 5.41) is 7.97. The smallest absolute Gasteiger partial charge is 0.288 e. The molecule has 0 atom stereocenters. The fraction of sp³-hybridized carbons (Fsp3) is 0.545. The molecule has 4 saturated carbocycles. The lowest BCUT2D eigenvalue weighted by Crippen LogP contribution is -2.55. The van der Waals surface area contributed by atoms with Crippen molar-refractivity contribution in [2.45, 2.75) is 44.1 Å². The van der Waals surface area contributed by atoms with E-state index < -0.39 is 0 Å². The highest BCUT2D eigenvalue weighted by Crippen LogP contribution is 2.58. The molecule has 1 heterocycles. The molecule has 154 valence electrons. The van der Waals surface area contributed by atoms with Crippen LogP contribution < -0.4 is 20.3 Å². The van der Waals surface area contributed by atoms with E-state index in [1.807, 2.05) is 6.07 Å². The Morgan fingerprint density at radius 1 is 1.07 bits per heavy atom. The van der Waals surface area contributed by atoms with Crippen LogP contribution >= 0.6 is 11.6 Å². The molecule has 7 heteroatoms. The second kappa shape index (κ2) is 6.94. The van der Waals surface area contributed by atoms with Crippen LogP contribution in [0.1, 0.15) is 38.5 Å². The SMILES string of the molecule is COc1ccc(OC)c(Nc2cnn(C34CC5CC(CC(C5)C3)C4)c(=O)c2Cl)c1. The van der Waals surface area contributed by atoms with E-state index in [1.54, 1.807) is 37.2 Å². The lowest BCUT2D eigenvalue weighted by atomic mass is 9.53. The van der Waals surface area contributed by atoms with Gasteiger partial charge in [0.15, 0.2) is 0 Å². The number of nitrogens with zero attached hydrogens (tertiary/aromatic N) is 2. The van der Waals surface area contributed by atoms with Gasteiger partial charge in [-0.1, -0.05) is 11.6 Å². The monoisotopic (exact) mass is 415 g/mol. The van der Waals surface area contributed by atoms with Crippen molar-refractivity contribution < 1.29 is 9.47 Å². The normalized spacial score (nSPS) is 29.7. The Morgan fingerprint density at radius 2 is 1.72 bits per heavy atom. The van der Waals surface area contributed by atoms with Gasteiger partial charge in [-0.25, -0.2) is 4.68 Å².